The molecule has 1 aliphatic rings. The third-order valence-electron chi connectivity index (χ3n) is 2.97. The van der Waals surface area contributed by atoms with Crippen LogP contribution in [0.4, 0.5) is 16.2 Å². The number of rotatable bonds is 4. The maximum Gasteiger partial charge on any atom is 0.318 e. The number of nitrogens with one attached hydrogen (secondary N) is 2. The van der Waals surface area contributed by atoms with Gasteiger partial charge < -0.3 is 16.0 Å². The first-order valence-electron chi connectivity index (χ1n) is 6.30. The second-order valence-corrected chi connectivity index (χ2v) is 4.43. The molecule has 0 bridgehead atoms. The number of hydrogen-bond acceptors (Lipinski definition) is 4. The number of amides is 4. The Morgan fingerprint density at radius 1 is 1.30 bits per heavy atom. The Kier molecular flexibility index (Phi) is 4.19. The Balaban J connectivity index is 2.06. The summed E-state index contributed by atoms with van der Waals surface area (Å²) in [5.74, 6) is -0.458. The van der Waals surface area contributed by atoms with Gasteiger partial charge in [0.15, 0.2) is 0 Å². The molecule has 7 heteroatoms. The fourth-order valence-electron chi connectivity index (χ4n) is 2.12. The predicted octanol–water partition coefficient (Wildman–Crippen LogP) is 0.420. The number of para-hydroxylation sites is 2. The van der Waals surface area contributed by atoms with Crippen LogP contribution in [0.15, 0.2) is 24.3 Å². The van der Waals surface area contributed by atoms with Gasteiger partial charge in [-0.1, -0.05) is 12.1 Å². The number of carbonyl (C=O) groups is 3. The first-order valence-corrected chi connectivity index (χ1v) is 6.30. The van der Waals surface area contributed by atoms with Crippen molar-refractivity contribution in [1.82, 2.24) is 5.32 Å². The number of primary amides is 1. The number of carbonyl (C=O) groups excluding carboxylic acids is 3. The van der Waals surface area contributed by atoms with Crippen LogP contribution < -0.4 is 21.3 Å². The van der Waals surface area contributed by atoms with Crippen molar-refractivity contribution in [2.45, 2.75) is 12.8 Å². The van der Waals surface area contributed by atoms with Crippen LogP contribution in [-0.2, 0) is 9.59 Å². The highest BCUT2D eigenvalue weighted by atomic mass is 16.2. The maximum atomic E-state index is 11.8. The fourth-order valence-corrected chi connectivity index (χ4v) is 2.12. The maximum absolute atomic E-state index is 11.8. The second kappa shape index (κ2) is 6.05. The largest absolute Gasteiger partial charge is 0.374 e. The Hall–Kier alpha value is -2.57. The minimum Gasteiger partial charge on any atom is -0.374 e. The van der Waals surface area contributed by atoms with E-state index in [0.717, 1.165) is 12.1 Å². The van der Waals surface area contributed by atoms with Crippen LogP contribution >= 0.6 is 0 Å². The van der Waals surface area contributed by atoms with Gasteiger partial charge in [0.1, 0.15) is 0 Å². The molecule has 20 heavy (non-hydrogen) atoms. The predicted molar refractivity (Wildman–Crippen MR) is 74.2 cm³/mol. The molecular formula is C13H16N4O3. The van der Waals surface area contributed by atoms with E-state index in [1.54, 1.807) is 17.0 Å². The van der Waals surface area contributed by atoms with E-state index in [0.29, 0.717) is 18.7 Å². The lowest BCUT2D eigenvalue weighted by Crippen LogP contribution is -2.38. The molecule has 0 aliphatic carbocycles. The lowest BCUT2D eigenvalue weighted by molar-refractivity contribution is -0.118. The van der Waals surface area contributed by atoms with Crippen LogP contribution in [0.1, 0.15) is 12.8 Å². The lowest BCUT2D eigenvalue weighted by atomic mass is 10.2. The molecule has 0 atom stereocenters. The summed E-state index contributed by atoms with van der Waals surface area (Å²) in [7, 11) is 0. The average Bonchev–Trinajstić information content (AvgIpc) is 2.82. The molecule has 1 aromatic carbocycles. The van der Waals surface area contributed by atoms with E-state index in [2.05, 4.69) is 5.32 Å². The summed E-state index contributed by atoms with van der Waals surface area (Å²) < 4.78 is 0. The smallest absolute Gasteiger partial charge is 0.318 e. The standard InChI is InChI=1S/C13H16N4O3/c14-13(20)16-11(18)8-15-9-4-1-2-5-10(9)17-7-3-6-12(17)19/h1-2,4-5,15H,3,6-8H2,(H3,14,16,18,20). The van der Waals surface area contributed by atoms with E-state index in [1.807, 2.05) is 17.4 Å². The minimum atomic E-state index is -0.889. The summed E-state index contributed by atoms with van der Waals surface area (Å²) in [5.41, 5.74) is 6.27. The van der Waals surface area contributed by atoms with Crippen molar-refractivity contribution < 1.29 is 14.4 Å². The molecule has 4 N–H and O–H groups in total. The summed E-state index contributed by atoms with van der Waals surface area (Å²) in [6.45, 7) is 0.576. The van der Waals surface area contributed by atoms with E-state index >= 15 is 0 Å². The van der Waals surface area contributed by atoms with Gasteiger partial charge in [-0.15, -0.1) is 0 Å². The van der Waals surface area contributed by atoms with Crippen molar-refractivity contribution in [1.29, 1.82) is 0 Å². The number of urea groups is 1. The highest BCUT2D eigenvalue weighted by molar-refractivity contribution is 5.99. The van der Waals surface area contributed by atoms with Crippen molar-refractivity contribution in [3.05, 3.63) is 24.3 Å². The summed E-state index contributed by atoms with van der Waals surface area (Å²) in [6, 6.07) is 6.34. The van der Waals surface area contributed by atoms with Crippen LogP contribution in [0.5, 0.6) is 0 Å². The van der Waals surface area contributed by atoms with E-state index in [4.69, 9.17) is 5.73 Å². The minimum absolute atomic E-state index is 0.0702. The molecule has 0 radical (unpaired) electrons. The zero-order chi connectivity index (χ0) is 14.5. The van der Waals surface area contributed by atoms with Crippen LogP contribution in [0.2, 0.25) is 0 Å². The molecule has 106 valence electrons. The summed E-state index contributed by atoms with van der Waals surface area (Å²) in [4.78, 5) is 35.4. The average molecular weight is 276 g/mol. The fraction of sp³-hybridized carbons (Fsp3) is 0.308. The third kappa shape index (κ3) is 3.25. The lowest BCUT2D eigenvalue weighted by Gasteiger charge is -2.20. The van der Waals surface area contributed by atoms with Crippen molar-refractivity contribution in [3.63, 3.8) is 0 Å². The number of hydrogen-bond donors (Lipinski definition) is 3. The topological polar surface area (TPSA) is 105 Å². The molecule has 0 aromatic heterocycles. The normalized spacial score (nSPS) is 14.2. The van der Waals surface area contributed by atoms with E-state index < -0.39 is 11.9 Å². The van der Waals surface area contributed by atoms with Gasteiger partial charge in [0.25, 0.3) is 0 Å². The molecule has 1 fully saturated rings. The van der Waals surface area contributed by atoms with E-state index in [1.165, 1.54) is 0 Å². The van der Waals surface area contributed by atoms with Crippen molar-refractivity contribution in [2.75, 3.05) is 23.3 Å². The first kappa shape index (κ1) is 13.9. The molecule has 0 saturated carbocycles. The van der Waals surface area contributed by atoms with E-state index in [-0.39, 0.29) is 12.5 Å². The van der Waals surface area contributed by atoms with Gasteiger partial charge in [-0.25, -0.2) is 4.79 Å². The Bertz CT molecular complexity index is 544. The first-order chi connectivity index (χ1) is 9.58. The number of imide groups is 1. The molecule has 1 aliphatic heterocycles. The summed E-state index contributed by atoms with van der Waals surface area (Å²) in [5, 5.41) is 4.87. The second-order valence-electron chi connectivity index (χ2n) is 4.43. The Labute approximate surface area is 116 Å². The van der Waals surface area contributed by atoms with E-state index in [9.17, 15) is 14.4 Å². The third-order valence-corrected chi connectivity index (χ3v) is 2.97. The van der Waals surface area contributed by atoms with Crippen molar-refractivity contribution >= 4 is 29.2 Å². The van der Waals surface area contributed by atoms with Gasteiger partial charge in [-0.3, -0.25) is 14.9 Å². The van der Waals surface area contributed by atoms with Crippen molar-refractivity contribution in [2.24, 2.45) is 5.73 Å². The van der Waals surface area contributed by atoms with Crippen LogP contribution in [-0.4, -0.2) is 30.9 Å². The van der Waals surface area contributed by atoms with Gasteiger partial charge in [0.2, 0.25) is 11.8 Å². The zero-order valence-corrected chi connectivity index (χ0v) is 10.9. The number of nitrogens with zero attached hydrogens (tertiary/aromatic N) is 1. The van der Waals surface area contributed by atoms with Gasteiger partial charge in [0, 0.05) is 13.0 Å². The molecule has 2 rings (SSSR count). The van der Waals surface area contributed by atoms with Gasteiger partial charge in [-0.05, 0) is 18.6 Å². The van der Waals surface area contributed by atoms with Crippen molar-refractivity contribution in [3.8, 4) is 0 Å². The molecule has 1 heterocycles. The molecule has 0 spiro atoms. The van der Waals surface area contributed by atoms with Crippen LogP contribution in [0.25, 0.3) is 0 Å². The Morgan fingerprint density at radius 2 is 2.05 bits per heavy atom. The summed E-state index contributed by atoms with van der Waals surface area (Å²) in [6.07, 6.45) is 1.37. The quantitative estimate of drug-likeness (QED) is 0.741. The molecule has 4 amide bonds. The number of anilines is 2. The van der Waals surface area contributed by atoms with Gasteiger partial charge in [-0.2, -0.15) is 0 Å². The highest BCUT2D eigenvalue weighted by Gasteiger charge is 2.23. The molecule has 1 saturated heterocycles. The molecular weight excluding hydrogens is 260 g/mol. The SMILES string of the molecule is NC(=O)NC(=O)CNc1ccccc1N1CCCC1=O. The molecule has 7 nitrogen and oxygen atoms in total. The Morgan fingerprint density at radius 3 is 2.70 bits per heavy atom. The highest BCUT2D eigenvalue weighted by Crippen LogP contribution is 2.29. The number of benzene rings is 1. The monoisotopic (exact) mass is 276 g/mol. The van der Waals surface area contributed by atoms with Gasteiger partial charge >= 0.3 is 6.03 Å². The van der Waals surface area contributed by atoms with Crippen LogP contribution in [0, 0.1) is 0 Å². The van der Waals surface area contributed by atoms with Crippen LogP contribution in [0.3, 0.4) is 0 Å². The zero-order valence-electron chi connectivity index (χ0n) is 10.9. The molecule has 0 unspecified atom stereocenters. The molecule has 1 aromatic rings. The summed E-state index contributed by atoms with van der Waals surface area (Å²) >= 11 is 0. The van der Waals surface area contributed by atoms with Gasteiger partial charge in [0.05, 0.1) is 17.9 Å². The number of nitrogens with two attached hydrogens (primary N) is 1.